The van der Waals surface area contributed by atoms with Crippen LogP contribution in [0.1, 0.15) is 25.5 Å². The fourth-order valence-corrected chi connectivity index (χ4v) is 2.35. The molecule has 3 atom stereocenters. The van der Waals surface area contributed by atoms with Crippen LogP contribution in [0.2, 0.25) is 0 Å². The van der Waals surface area contributed by atoms with Crippen LogP contribution in [0.5, 0.6) is 0 Å². The highest BCUT2D eigenvalue weighted by molar-refractivity contribution is 5.21. The molecule has 0 heterocycles. The number of aliphatic hydroxyl groups excluding tert-OH is 1. The highest BCUT2D eigenvalue weighted by atomic mass is 19.1. The highest BCUT2D eigenvalue weighted by Gasteiger charge is 2.22. The van der Waals surface area contributed by atoms with Crippen molar-refractivity contribution in [2.24, 2.45) is 5.92 Å². The van der Waals surface area contributed by atoms with Crippen LogP contribution in [0.15, 0.2) is 24.3 Å². The highest BCUT2D eigenvalue weighted by Crippen LogP contribution is 2.24. The molecular formula is C15H25FN2O. The second kappa shape index (κ2) is 7.58. The van der Waals surface area contributed by atoms with E-state index in [9.17, 15) is 4.39 Å². The second-order valence-corrected chi connectivity index (χ2v) is 5.24. The molecule has 0 amide bonds. The Hall–Kier alpha value is -0.970. The molecule has 0 radical (unpaired) electrons. The Morgan fingerprint density at radius 2 is 1.95 bits per heavy atom. The van der Waals surface area contributed by atoms with E-state index in [1.165, 1.54) is 6.07 Å². The number of aliphatic hydroxyl groups is 1. The Morgan fingerprint density at radius 3 is 2.47 bits per heavy atom. The number of rotatable bonds is 7. The van der Waals surface area contributed by atoms with Gasteiger partial charge in [-0.2, -0.15) is 0 Å². The molecule has 0 fully saturated rings. The lowest BCUT2D eigenvalue weighted by Crippen LogP contribution is -2.39. The topological polar surface area (TPSA) is 35.5 Å². The van der Waals surface area contributed by atoms with Crippen molar-refractivity contribution in [3.05, 3.63) is 35.6 Å². The Kier molecular flexibility index (Phi) is 6.42. The van der Waals surface area contributed by atoms with Crippen molar-refractivity contribution in [3.63, 3.8) is 0 Å². The first kappa shape index (κ1) is 16.1. The van der Waals surface area contributed by atoms with Crippen molar-refractivity contribution >= 4 is 0 Å². The van der Waals surface area contributed by atoms with Gasteiger partial charge in [-0.05, 0) is 33.0 Å². The number of halogens is 1. The minimum atomic E-state index is -0.174. The molecule has 108 valence electrons. The molecule has 0 aliphatic heterocycles. The van der Waals surface area contributed by atoms with Crippen molar-refractivity contribution in [2.45, 2.75) is 25.9 Å². The van der Waals surface area contributed by atoms with Gasteiger partial charge in [0, 0.05) is 24.2 Å². The minimum Gasteiger partial charge on any atom is -0.395 e. The molecule has 0 aliphatic rings. The van der Waals surface area contributed by atoms with Crippen LogP contribution < -0.4 is 5.32 Å². The normalized spacial score (nSPS) is 16.4. The molecule has 19 heavy (non-hydrogen) atoms. The molecule has 0 aliphatic carbocycles. The SMILES string of the molecule is CNC(c1ccccc1F)C(C)CN(C)C(C)CO. The summed E-state index contributed by atoms with van der Waals surface area (Å²) in [6.45, 7) is 4.99. The van der Waals surface area contributed by atoms with Crippen molar-refractivity contribution in [3.8, 4) is 0 Å². The molecule has 2 N–H and O–H groups in total. The molecule has 0 bridgehead atoms. The van der Waals surface area contributed by atoms with E-state index < -0.39 is 0 Å². The van der Waals surface area contributed by atoms with Gasteiger partial charge in [0.25, 0.3) is 0 Å². The lowest BCUT2D eigenvalue weighted by molar-refractivity contribution is 0.137. The number of hydrogen-bond donors (Lipinski definition) is 2. The average Bonchev–Trinajstić information content (AvgIpc) is 2.40. The summed E-state index contributed by atoms with van der Waals surface area (Å²) in [5.74, 6) is 0.0625. The van der Waals surface area contributed by atoms with Crippen LogP contribution in [0, 0.1) is 11.7 Å². The van der Waals surface area contributed by atoms with Gasteiger partial charge in [-0.3, -0.25) is 0 Å². The van der Waals surface area contributed by atoms with E-state index in [0.717, 1.165) is 6.54 Å². The number of nitrogens with zero attached hydrogens (tertiary/aromatic N) is 1. The van der Waals surface area contributed by atoms with E-state index in [-0.39, 0.29) is 30.4 Å². The van der Waals surface area contributed by atoms with E-state index in [1.54, 1.807) is 6.07 Å². The van der Waals surface area contributed by atoms with Crippen LogP contribution >= 0.6 is 0 Å². The third-order valence-electron chi connectivity index (χ3n) is 3.71. The number of likely N-dealkylation sites (N-methyl/N-ethyl adjacent to an activating group) is 1. The van der Waals surface area contributed by atoms with Crippen molar-refractivity contribution in [1.29, 1.82) is 0 Å². The molecule has 0 spiro atoms. The van der Waals surface area contributed by atoms with Crippen LogP contribution in [0.4, 0.5) is 4.39 Å². The molecule has 0 saturated heterocycles. The first-order chi connectivity index (χ1) is 9.01. The standard InChI is InChI=1S/C15H25FN2O/c1-11(9-18(4)12(2)10-19)15(17-3)13-7-5-6-8-14(13)16/h5-8,11-12,15,17,19H,9-10H2,1-4H3. The maximum atomic E-state index is 13.9. The lowest BCUT2D eigenvalue weighted by atomic mass is 9.93. The van der Waals surface area contributed by atoms with Crippen LogP contribution in [-0.4, -0.2) is 43.3 Å². The molecular weight excluding hydrogens is 243 g/mol. The predicted octanol–water partition coefficient (Wildman–Crippen LogP) is 2.03. The lowest BCUT2D eigenvalue weighted by Gasteiger charge is -2.31. The fourth-order valence-electron chi connectivity index (χ4n) is 2.35. The average molecular weight is 268 g/mol. The Labute approximate surface area is 115 Å². The summed E-state index contributed by atoms with van der Waals surface area (Å²) in [5.41, 5.74) is 0.697. The first-order valence-electron chi connectivity index (χ1n) is 6.74. The number of benzene rings is 1. The molecule has 1 aromatic carbocycles. The zero-order chi connectivity index (χ0) is 14.4. The third-order valence-corrected chi connectivity index (χ3v) is 3.71. The summed E-state index contributed by atoms with van der Waals surface area (Å²) < 4.78 is 13.9. The summed E-state index contributed by atoms with van der Waals surface area (Å²) in [4.78, 5) is 2.09. The Balaban J connectivity index is 2.78. The van der Waals surface area contributed by atoms with E-state index in [2.05, 4.69) is 17.1 Å². The second-order valence-electron chi connectivity index (χ2n) is 5.24. The van der Waals surface area contributed by atoms with Crippen LogP contribution in [0.3, 0.4) is 0 Å². The Bertz CT molecular complexity index is 386. The van der Waals surface area contributed by atoms with Gasteiger partial charge >= 0.3 is 0 Å². The molecule has 4 heteroatoms. The van der Waals surface area contributed by atoms with Gasteiger partial charge in [-0.15, -0.1) is 0 Å². The van der Waals surface area contributed by atoms with Gasteiger partial charge in [0.1, 0.15) is 5.82 Å². The van der Waals surface area contributed by atoms with Crippen LogP contribution in [-0.2, 0) is 0 Å². The van der Waals surface area contributed by atoms with Gasteiger partial charge in [-0.1, -0.05) is 25.1 Å². The van der Waals surface area contributed by atoms with Gasteiger partial charge in [0.2, 0.25) is 0 Å². The van der Waals surface area contributed by atoms with E-state index in [1.807, 2.05) is 33.2 Å². The van der Waals surface area contributed by atoms with E-state index in [0.29, 0.717) is 5.56 Å². The zero-order valence-electron chi connectivity index (χ0n) is 12.2. The van der Waals surface area contributed by atoms with Crippen molar-refractivity contribution < 1.29 is 9.50 Å². The molecule has 3 unspecified atom stereocenters. The molecule has 0 aromatic heterocycles. The van der Waals surface area contributed by atoms with E-state index in [4.69, 9.17) is 5.11 Å². The zero-order valence-corrected chi connectivity index (χ0v) is 12.2. The molecule has 1 aromatic rings. The van der Waals surface area contributed by atoms with Gasteiger partial charge in [0.05, 0.1) is 6.61 Å². The fraction of sp³-hybridized carbons (Fsp3) is 0.600. The summed E-state index contributed by atoms with van der Waals surface area (Å²) >= 11 is 0. The first-order valence-corrected chi connectivity index (χ1v) is 6.74. The maximum Gasteiger partial charge on any atom is 0.127 e. The van der Waals surface area contributed by atoms with Crippen LogP contribution in [0.25, 0.3) is 0 Å². The minimum absolute atomic E-state index is 0.0328. The summed E-state index contributed by atoms with van der Waals surface area (Å²) in [5, 5.41) is 12.3. The molecule has 0 saturated carbocycles. The van der Waals surface area contributed by atoms with Crippen molar-refractivity contribution in [1.82, 2.24) is 10.2 Å². The molecule has 3 nitrogen and oxygen atoms in total. The van der Waals surface area contributed by atoms with Gasteiger partial charge < -0.3 is 15.3 Å². The van der Waals surface area contributed by atoms with E-state index >= 15 is 0 Å². The quantitative estimate of drug-likeness (QED) is 0.794. The van der Waals surface area contributed by atoms with Gasteiger partial charge in [0.15, 0.2) is 0 Å². The maximum absolute atomic E-state index is 13.9. The smallest absolute Gasteiger partial charge is 0.127 e. The summed E-state index contributed by atoms with van der Waals surface area (Å²) in [6, 6.07) is 6.95. The van der Waals surface area contributed by atoms with Gasteiger partial charge in [-0.25, -0.2) is 4.39 Å². The summed E-state index contributed by atoms with van der Waals surface area (Å²) in [7, 11) is 3.83. The number of hydrogen-bond acceptors (Lipinski definition) is 3. The van der Waals surface area contributed by atoms with Crippen molar-refractivity contribution in [2.75, 3.05) is 27.2 Å². The number of nitrogens with one attached hydrogen (secondary N) is 1. The largest absolute Gasteiger partial charge is 0.395 e. The predicted molar refractivity (Wildman–Crippen MR) is 76.5 cm³/mol. The monoisotopic (exact) mass is 268 g/mol. The Morgan fingerprint density at radius 1 is 1.32 bits per heavy atom. The summed E-state index contributed by atoms with van der Waals surface area (Å²) in [6.07, 6.45) is 0. The third kappa shape index (κ3) is 4.27. The molecule has 1 rings (SSSR count).